The third kappa shape index (κ3) is 3.81. The molecule has 112 valence electrons. The molecule has 1 fully saturated rings. The molecular weight excluding hydrogens is 274 g/mol. The highest BCUT2D eigenvalue weighted by Gasteiger charge is 2.25. The van der Waals surface area contributed by atoms with Gasteiger partial charge in [-0.3, -0.25) is 0 Å². The lowest BCUT2D eigenvalue weighted by atomic mass is 9.87. The minimum absolute atomic E-state index is 0.00640. The summed E-state index contributed by atoms with van der Waals surface area (Å²) < 4.78 is 27.5. The molecule has 1 aliphatic carbocycles. The van der Waals surface area contributed by atoms with Gasteiger partial charge >= 0.3 is 0 Å². The standard InChI is InChI=1S/C15H23NO3S/c1-2-12-4-3-5-15(10-12)20(18,19)16-14-8-6-13(11-17)7-9-14/h3-5,10,13-14,16-17H,2,6-9,11H2,1H3. The van der Waals surface area contributed by atoms with Gasteiger partial charge in [-0.2, -0.15) is 0 Å². The van der Waals surface area contributed by atoms with Crippen molar-refractivity contribution in [2.45, 2.75) is 50.0 Å². The summed E-state index contributed by atoms with van der Waals surface area (Å²) >= 11 is 0. The third-order valence-corrected chi connectivity index (χ3v) is 5.56. The van der Waals surface area contributed by atoms with Crippen LogP contribution in [0.5, 0.6) is 0 Å². The van der Waals surface area contributed by atoms with Crippen LogP contribution in [0.1, 0.15) is 38.2 Å². The van der Waals surface area contributed by atoms with Gasteiger partial charge in [0.05, 0.1) is 4.90 Å². The Morgan fingerprint density at radius 2 is 1.95 bits per heavy atom. The smallest absolute Gasteiger partial charge is 0.240 e. The van der Waals surface area contributed by atoms with Crippen molar-refractivity contribution in [2.75, 3.05) is 6.61 Å². The van der Waals surface area contributed by atoms with Gasteiger partial charge in [-0.1, -0.05) is 19.1 Å². The first-order valence-electron chi connectivity index (χ1n) is 7.27. The van der Waals surface area contributed by atoms with Gasteiger partial charge < -0.3 is 5.11 Å². The number of aliphatic hydroxyl groups excluding tert-OH is 1. The van der Waals surface area contributed by atoms with Crippen LogP contribution in [-0.4, -0.2) is 26.2 Å². The van der Waals surface area contributed by atoms with E-state index in [0.717, 1.165) is 37.7 Å². The first-order valence-corrected chi connectivity index (χ1v) is 8.75. The number of nitrogens with one attached hydrogen (secondary N) is 1. The molecule has 2 rings (SSSR count). The minimum atomic E-state index is -3.43. The SMILES string of the molecule is CCc1cccc(S(=O)(=O)NC2CCC(CO)CC2)c1. The second-order valence-corrected chi connectivity index (χ2v) is 7.24. The van der Waals surface area contributed by atoms with Crippen molar-refractivity contribution >= 4 is 10.0 Å². The molecule has 1 aromatic carbocycles. The molecule has 0 bridgehead atoms. The highest BCUT2D eigenvalue weighted by atomic mass is 32.2. The summed E-state index contributed by atoms with van der Waals surface area (Å²) in [6.07, 6.45) is 4.21. The molecule has 0 atom stereocenters. The van der Waals surface area contributed by atoms with Crippen LogP contribution >= 0.6 is 0 Å². The van der Waals surface area contributed by atoms with Crippen LogP contribution in [-0.2, 0) is 16.4 Å². The lowest BCUT2D eigenvalue weighted by Crippen LogP contribution is -2.38. The molecule has 5 heteroatoms. The zero-order valence-corrected chi connectivity index (χ0v) is 12.7. The van der Waals surface area contributed by atoms with Crippen LogP contribution in [0.2, 0.25) is 0 Å². The Morgan fingerprint density at radius 1 is 1.25 bits per heavy atom. The summed E-state index contributed by atoms with van der Waals surface area (Å²) in [5.41, 5.74) is 1.02. The Morgan fingerprint density at radius 3 is 2.55 bits per heavy atom. The van der Waals surface area contributed by atoms with E-state index in [-0.39, 0.29) is 12.6 Å². The first-order chi connectivity index (χ1) is 9.55. The molecule has 0 aliphatic heterocycles. The van der Waals surface area contributed by atoms with Crippen LogP contribution in [0.3, 0.4) is 0 Å². The Hall–Kier alpha value is -0.910. The average Bonchev–Trinajstić information content (AvgIpc) is 2.48. The largest absolute Gasteiger partial charge is 0.396 e. The third-order valence-electron chi connectivity index (χ3n) is 4.04. The summed E-state index contributed by atoms with van der Waals surface area (Å²) in [5, 5.41) is 9.11. The van der Waals surface area contributed by atoms with Gasteiger partial charge in [0.25, 0.3) is 0 Å². The van der Waals surface area contributed by atoms with Gasteiger partial charge in [-0.15, -0.1) is 0 Å². The topological polar surface area (TPSA) is 66.4 Å². The van der Waals surface area contributed by atoms with E-state index >= 15 is 0 Å². The number of rotatable bonds is 5. The van der Waals surface area contributed by atoms with Crippen LogP contribution in [0, 0.1) is 5.92 Å². The molecule has 1 aromatic rings. The van der Waals surface area contributed by atoms with E-state index in [0.29, 0.717) is 10.8 Å². The van der Waals surface area contributed by atoms with E-state index in [1.807, 2.05) is 13.0 Å². The van der Waals surface area contributed by atoms with Gasteiger partial charge in [0.1, 0.15) is 0 Å². The minimum Gasteiger partial charge on any atom is -0.396 e. The zero-order chi connectivity index (χ0) is 14.6. The summed E-state index contributed by atoms with van der Waals surface area (Å²) in [6, 6.07) is 7.09. The van der Waals surface area contributed by atoms with Crippen LogP contribution in [0.15, 0.2) is 29.2 Å². The van der Waals surface area contributed by atoms with E-state index < -0.39 is 10.0 Å². The number of hydrogen-bond acceptors (Lipinski definition) is 3. The van der Waals surface area contributed by atoms with Crippen molar-refractivity contribution in [3.05, 3.63) is 29.8 Å². The van der Waals surface area contributed by atoms with Crippen molar-refractivity contribution in [3.8, 4) is 0 Å². The van der Waals surface area contributed by atoms with Crippen molar-refractivity contribution in [1.29, 1.82) is 0 Å². The van der Waals surface area contributed by atoms with Gasteiger partial charge in [0.15, 0.2) is 0 Å². The molecular formula is C15H23NO3S. The van der Waals surface area contributed by atoms with E-state index in [2.05, 4.69) is 4.72 Å². The highest BCUT2D eigenvalue weighted by molar-refractivity contribution is 7.89. The molecule has 2 N–H and O–H groups in total. The molecule has 0 radical (unpaired) electrons. The van der Waals surface area contributed by atoms with Crippen LogP contribution in [0.25, 0.3) is 0 Å². The maximum Gasteiger partial charge on any atom is 0.240 e. The Labute approximate surface area is 121 Å². The number of sulfonamides is 1. The lowest BCUT2D eigenvalue weighted by Gasteiger charge is -2.27. The van der Waals surface area contributed by atoms with Crippen molar-refractivity contribution in [3.63, 3.8) is 0 Å². The van der Waals surface area contributed by atoms with Gasteiger partial charge in [-0.25, -0.2) is 13.1 Å². The summed E-state index contributed by atoms with van der Waals surface area (Å²) in [5.74, 6) is 0.333. The van der Waals surface area contributed by atoms with Crippen molar-refractivity contribution in [1.82, 2.24) is 4.72 Å². The second-order valence-electron chi connectivity index (χ2n) is 5.52. The molecule has 0 spiro atoms. The Balaban J connectivity index is 2.04. The average molecular weight is 297 g/mol. The quantitative estimate of drug-likeness (QED) is 0.874. The predicted octanol–water partition coefficient (Wildman–Crippen LogP) is 2.08. The normalized spacial score (nSPS) is 23.7. The fraction of sp³-hybridized carbons (Fsp3) is 0.600. The molecule has 20 heavy (non-hydrogen) atoms. The molecule has 0 saturated heterocycles. The van der Waals surface area contributed by atoms with Crippen LogP contribution < -0.4 is 4.72 Å². The van der Waals surface area contributed by atoms with Gasteiger partial charge in [-0.05, 0) is 55.7 Å². The van der Waals surface area contributed by atoms with Crippen molar-refractivity contribution < 1.29 is 13.5 Å². The Bertz CT molecular complexity index is 534. The number of aliphatic hydroxyl groups is 1. The monoisotopic (exact) mass is 297 g/mol. The van der Waals surface area contributed by atoms with E-state index in [1.165, 1.54) is 0 Å². The first kappa shape index (κ1) is 15.5. The lowest BCUT2D eigenvalue weighted by molar-refractivity contribution is 0.180. The zero-order valence-electron chi connectivity index (χ0n) is 11.9. The molecule has 4 nitrogen and oxygen atoms in total. The predicted molar refractivity (Wildman–Crippen MR) is 79.0 cm³/mol. The van der Waals surface area contributed by atoms with E-state index in [1.54, 1.807) is 18.2 Å². The van der Waals surface area contributed by atoms with Gasteiger partial charge in [0.2, 0.25) is 10.0 Å². The fourth-order valence-electron chi connectivity index (χ4n) is 2.68. The van der Waals surface area contributed by atoms with E-state index in [9.17, 15) is 8.42 Å². The second kappa shape index (κ2) is 6.70. The van der Waals surface area contributed by atoms with Crippen LogP contribution in [0.4, 0.5) is 0 Å². The van der Waals surface area contributed by atoms with E-state index in [4.69, 9.17) is 5.11 Å². The van der Waals surface area contributed by atoms with Gasteiger partial charge in [0, 0.05) is 12.6 Å². The molecule has 0 amide bonds. The molecule has 0 unspecified atom stereocenters. The molecule has 0 heterocycles. The molecule has 0 aromatic heterocycles. The maximum absolute atomic E-state index is 12.4. The number of benzene rings is 1. The highest BCUT2D eigenvalue weighted by Crippen LogP contribution is 2.25. The summed E-state index contributed by atoms with van der Waals surface area (Å²) in [6.45, 7) is 2.22. The molecule has 1 saturated carbocycles. The molecule has 1 aliphatic rings. The number of aryl methyl sites for hydroxylation is 1. The summed E-state index contributed by atoms with van der Waals surface area (Å²) in [4.78, 5) is 0.348. The fourth-order valence-corrected chi connectivity index (χ4v) is 4.06. The summed E-state index contributed by atoms with van der Waals surface area (Å²) in [7, 11) is -3.43. The Kier molecular flexibility index (Phi) is 5.18. The van der Waals surface area contributed by atoms with Crippen molar-refractivity contribution in [2.24, 2.45) is 5.92 Å². The number of hydrogen-bond donors (Lipinski definition) is 2. The maximum atomic E-state index is 12.4.